The molecule has 1 aliphatic carbocycles. The first kappa shape index (κ1) is 13.6. The van der Waals surface area contributed by atoms with Crippen molar-refractivity contribution in [2.24, 2.45) is 0 Å². The summed E-state index contributed by atoms with van der Waals surface area (Å²) in [5.41, 5.74) is 1.36. The van der Waals surface area contributed by atoms with Gasteiger partial charge in [0.2, 0.25) is 0 Å². The van der Waals surface area contributed by atoms with E-state index in [1.807, 2.05) is 6.07 Å². The van der Waals surface area contributed by atoms with E-state index in [4.69, 9.17) is 0 Å². The predicted molar refractivity (Wildman–Crippen MR) is 74.4 cm³/mol. The van der Waals surface area contributed by atoms with Gasteiger partial charge in [-0.15, -0.1) is 0 Å². The van der Waals surface area contributed by atoms with Crippen molar-refractivity contribution in [1.82, 2.24) is 5.23 Å². The molecule has 3 nitrogen and oxygen atoms in total. The molecule has 3 N–H and O–H groups in total. The fourth-order valence-corrected chi connectivity index (χ4v) is 2.86. The molecule has 1 aliphatic rings. The van der Waals surface area contributed by atoms with Crippen molar-refractivity contribution < 1.29 is 10.1 Å². The molecule has 0 radical (unpaired) electrons. The van der Waals surface area contributed by atoms with E-state index in [9.17, 15) is 10.1 Å². The molecule has 0 atom stereocenters. The lowest BCUT2D eigenvalue weighted by molar-refractivity contribution is 0.0960. The average molecular weight is 247 g/mol. The van der Waals surface area contributed by atoms with E-state index in [0.29, 0.717) is 0 Å². The van der Waals surface area contributed by atoms with Crippen LogP contribution in [0.15, 0.2) is 30.3 Å². The Hall–Kier alpha value is -0.835. The van der Waals surface area contributed by atoms with Gasteiger partial charge in [0.05, 0.1) is 6.10 Å². The normalized spacial score (nSPS) is 28.1. The Morgan fingerprint density at radius 2 is 1.89 bits per heavy atom. The summed E-state index contributed by atoms with van der Waals surface area (Å²) in [6.07, 6.45) is 3.47. The molecule has 0 saturated heterocycles. The maximum atomic E-state index is 9.70. The highest BCUT2D eigenvalue weighted by Crippen LogP contribution is 2.39. The molecule has 1 saturated carbocycles. The molecule has 18 heavy (non-hydrogen) atoms. The second-order valence-electron chi connectivity index (χ2n) is 5.43. The molecule has 4 heteroatoms. The first-order valence-electron chi connectivity index (χ1n) is 6.77. The van der Waals surface area contributed by atoms with Crippen LogP contribution in [0.3, 0.4) is 0 Å². The van der Waals surface area contributed by atoms with Gasteiger partial charge in [-0.25, -0.2) is 0 Å². The van der Waals surface area contributed by atoms with E-state index in [-0.39, 0.29) is 11.5 Å². The van der Waals surface area contributed by atoms with Gasteiger partial charge in [-0.3, -0.25) is 0 Å². The van der Waals surface area contributed by atoms with E-state index >= 15 is 0 Å². The standard InChI is InChI=1S/C14H22BNO2/c1-15(18)16-11-14(9-7-13(17)8-10-14)12-5-3-2-4-6-12/h2-6,13,16-18H,7-11H2,1H3. The average Bonchev–Trinajstić information content (AvgIpc) is 2.39. The third-order valence-corrected chi connectivity index (χ3v) is 4.03. The Morgan fingerprint density at radius 3 is 2.44 bits per heavy atom. The van der Waals surface area contributed by atoms with Crippen molar-refractivity contribution in [2.75, 3.05) is 6.54 Å². The molecule has 0 amide bonds. The number of benzene rings is 1. The lowest BCUT2D eigenvalue weighted by atomic mass is 9.67. The van der Waals surface area contributed by atoms with Crippen LogP contribution >= 0.6 is 0 Å². The Labute approximate surface area is 109 Å². The van der Waals surface area contributed by atoms with Gasteiger partial charge in [0.25, 0.3) is 0 Å². The number of hydrogen-bond donors (Lipinski definition) is 3. The molecule has 0 unspecified atom stereocenters. The van der Waals surface area contributed by atoms with Gasteiger partial charge in [0, 0.05) is 5.41 Å². The number of hydrogen-bond acceptors (Lipinski definition) is 3. The van der Waals surface area contributed by atoms with Crippen molar-refractivity contribution in [3.63, 3.8) is 0 Å². The van der Waals surface area contributed by atoms with Crippen LogP contribution in [-0.4, -0.2) is 29.8 Å². The summed E-state index contributed by atoms with van der Waals surface area (Å²) in [7, 11) is -0.488. The molecule has 0 heterocycles. The Morgan fingerprint density at radius 1 is 1.28 bits per heavy atom. The van der Waals surface area contributed by atoms with Crippen molar-refractivity contribution in [3.05, 3.63) is 35.9 Å². The molecule has 1 fully saturated rings. The number of rotatable bonds is 4. The molecule has 98 valence electrons. The van der Waals surface area contributed by atoms with Crippen LogP contribution in [-0.2, 0) is 5.41 Å². The van der Waals surface area contributed by atoms with E-state index in [2.05, 4.69) is 29.5 Å². The summed E-state index contributed by atoms with van der Waals surface area (Å²) < 4.78 is 0. The van der Waals surface area contributed by atoms with Crippen LogP contribution in [0.25, 0.3) is 0 Å². The topological polar surface area (TPSA) is 52.5 Å². The minimum absolute atomic E-state index is 0.0531. The van der Waals surface area contributed by atoms with Gasteiger partial charge in [0.1, 0.15) is 0 Å². The third kappa shape index (κ3) is 3.13. The van der Waals surface area contributed by atoms with Gasteiger partial charge in [-0.1, -0.05) is 30.3 Å². The van der Waals surface area contributed by atoms with Crippen LogP contribution in [0.5, 0.6) is 0 Å². The maximum absolute atomic E-state index is 9.70. The SMILES string of the molecule is CB(O)NCC1(c2ccccc2)CCC(O)CC1. The lowest BCUT2D eigenvalue weighted by Gasteiger charge is -2.40. The van der Waals surface area contributed by atoms with Crippen LogP contribution in [0.1, 0.15) is 31.2 Å². The van der Waals surface area contributed by atoms with Crippen molar-refractivity contribution in [1.29, 1.82) is 0 Å². The molecular formula is C14H22BNO2. The summed E-state index contributed by atoms with van der Waals surface area (Å²) in [6.45, 7) is 2.51. The highest BCUT2D eigenvalue weighted by molar-refractivity contribution is 6.45. The van der Waals surface area contributed by atoms with Crippen LogP contribution in [0.2, 0.25) is 6.82 Å². The molecule has 0 bridgehead atoms. The second-order valence-corrected chi connectivity index (χ2v) is 5.43. The summed E-state index contributed by atoms with van der Waals surface area (Å²) in [4.78, 5) is 0. The quantitative estimate of drug-likeness (QED) is 0.708. The Kier molecular flexibility index (Phi) is 4.43. The molecule has 0 spiro atoms. The second kappa shape index (κ2) is 5.87. The number of aliphatic hydroxyl groups is 1. The van der Waals surface area contributed by atoms with Crippen molar-refractivity contribution >= 4 is 7.05 Å². The largest absolute Gasteiger partial charge is 0.437 e. The molecule has 1 aromatic rings. The summed E-state index contributed by atoms with van der Waals surface area (Å²) in [5, 5.41) is 22.3. The number of aliphatic hydroxyl groups excluding tert-OH is 1. The Balaban J connectivity index is 2.17. The van der Waals surface area contributed by atoms with Crippen molar-refractivity contribution in [3.8, 4) is 0 Å². The van der Waals surface area contributed by atoms with Crippen molar-refractivity contribution in [2.45, 2.75) is 44.0 Å². The maximum Gasteiger partial charge on any atom is 0.373 e. The molecule has 0 aromatic heterocycles. The summed E-state index contributed by atoms with van der Waals surface area (Å²) in [5.74, 6) is 0. The minimum Gasteiger partial charge on any atom is -0.437 e. The summed E-state index contributed by atoms with van der Waals surface area (Å²) >= 11 is 0. The Bertz CT molecular complexity index is 361. The highest BCUT2D eigenvalue weighted by Gasteiger charge is 2.36. The summed E-state index contributed by atoms with van der Waals surface area (Å²) in [6, 6.07) is 10.5. The monoisotopic (exact) mass is 247 g/mol. The lowest BCUT2D eigenvalue weighted by Crippen LogP contribution is -2.46. The van der Waals surface area contributed by atoms with Gasteiger partial charge in [-0.2, -0.15) is 0 Å². The molecular weight excluding hydrogens is 225 g/mol. The van der Waals surface area contributed by atoms with E-state index < -0.39 is 7.05 Å². The van der Waals surface area contributed by atoms with Gasteiger partial charge < -0.3 is 15.4 Å². The van der Waals surface area contributed by atoms with Gasteiger partial charge in [-0.05, 0) is 44.6 Å². The first-order chi connectivity index (χ1) is 8.62. The zero-order valence-corrected chi connectivity index (χ0v) is 11.0. The van der Waals surface area contributed by atoms with Crippen LogP contribution in [0, 0.1) is 0 Å². The predicted octanol–water partition coefficient (Wildman–Crippen LogP) is 1.56. The fraction of sp³-hybridized carbons (Fsp3) is 0.571. The minimum atomic E-state index is -0.488. The van der Waals surface area contributed by atoms with Gasteiger partial charge >= 0.3 is 7.05 Å². The van der Waals surface area contributed by atoms with Gasteiger partial charge in [0.15, 0.2) is 0 Å². The molecule has 1 aromatic carbocycles. The number of nitrogens with one attached hydrogen (secondary N) is 1. The zero-order chi connectivity index (χ0) is 13.0. The van der Waals surface area contributed by atoms with Crippen LogP contribution < -0.4 is 5.23 Å². The van der Waals surface area contributed by atoms with E-state index in [1.54, 1.807) is 6.82 Å². The third-order valence-electron chi connectivity index (χ3n) is 4.03. The van der Waals surface area contributed by atoms with Crippen LogP contribution in [0.4, 0.5) is 0 Å². The van der Waals surface area contributed by atoms with E-state index in [1.165, 1.54) is 5.56 Å². The first-order valence-corrected chi connectivity index (χ1v) is 6.77. The fourth-order valence-electron chi connectivity index (χ4n) is 2.86. The zero-order valence-electron chi connectivity index (χ0n) is 11.0. The molecule has 0 aliphatic heterocycles. The molecule has 2 rings (SSSR count). The van der Waals surface area contributed by atoms with E-state index in [0.717, 1.165) is 32.2 Å². The smallest absolute Gasteiger partial charge is 0.373 e. The highest BCUT2D eigenvalue weighted by atomic mass is 16.3.